The molecule has 4 aromatic rings. The number of aryl methyl sites for hydroxylation is 1. The second-order valence-electron chi connectivity index (χ2n) is 6.61. The average molecular weight is 417 g/mol. The standard InChI is InChI=1S/C23H20N4O2S/c1-15-6-7-17(22(28)25-18-4-3-5-19(13-18)29-2)12-20(15)26-23-27-21(14-30-23)16-8-10-24-11-9-16/h3-14H,1-2H3,(H,25,28)(H,26,27). The fraction of sp³-hybridized carbons (Fsp3) is 0.0870. The first-order chi connectivity index (χ1) is 14.6. The van der Waals surface area contributed by atoms with Gasteiger partial charge in [0.2, 0.25) is 0 Å². The Balaban J connectivity index is 1.52. The van der Waals surface area contributed by atoms with Gasteiger partial charge in [0.25, 0.3) is 5.91 Å². The number of hydrogen-bond acceptors (Lipinski definition) is 6. The summed E-state index contributed by atoms with van der Waals surface area (Å²) in [6.07, 6.45) is 3.49. The zero-order valence-corrected chi connectivity index (χ0v) is 17.4. The Morgan fingerprint density at radius 1 is 1.07 bits per heavy atom. The van der Waals surface area contributed by atoms with E-state index in [0.29, 0.717) is 17.0 Å². The van der Waals surface area contributed by atoms with Gasteiger partial charge in [0, 0.05) is 46.3 Å². The molecule has 0 bridgehead atoms. The molecule has 2 N–H and O–H groups in total. The van der Waals surface area contributed by atoms with Crippen molar-refractivity contribution >= 4 is 33.8 Å². The van der Waals surface area contributed by atoms with Crippen molar-refractivity contribution in [2.75, 3.05) is 17.7 Å². The number of benzene rings is 2. The van der Waals surface area contributed by atoms with E-state index in [1.807, 2.05) is 54.8 Å². The van der Waals surface area contributed by atoms with Gasteiger partial charge in [0.15, 0.2) is 5.13 Å². The van der Waals surface area contributed by atoms with Crippen LogP contribution in [0.1, 0.15) is 15.9 Å². The summed E-state index contributed by atoms with van der Waals surface area (Å²) >= 11 is 1.51. The highest BCUT2D eigenvalue weighted by atomic mass is 32.1. The average Bonchev–Trinajstić information content (AvgIpc) is 3.24. The van der Waals surface area contributed by atoms with Gasteiger partial charge in [0.05, 0.1) is 12.8 Å². The van der Waals surface area contributed by atoms with E-state index in [4.69, 9.17) is 4.74 Å². The number of pyridine rings is 1. The van der Waals surface area contributed by atoms with Crippen molar-refractivity contribution in [1.82, 2.24) is 9.97 Å². The summed E-state index contributed by atoms with van der Waals surface area (Å²) in [7, 11) is 1.59. The Morgan fingerprint density at radius 3 is 2.70 bits per heavy atom. The molecule has 1 amide bonds. The summed E-state index contributed by atoms with van der Waals surface area (Å²) < 4.78 is 5.21. The number of nitrogens with one attached hydrogen (secondary N) is 2. The van der Waals surface area contributed by atoms with E-state index in [-0.39, 0.29) is 5.91 Å². The number of aromatic nitrogens is 2. The van der Waals surface area contributed by atoms with Gasteiger partial charge >= 0.3 is 0 Å². The molecule has 30 heavy (non-hydrogen) atoms. The Morgan fingerprint density at radius 2 is 1.90 bits per heavy atom. The van der Waals surface area contributed by atoms with Crippen molar-refractivity contribution < 1.29 is 9.53 Å². The fourth-order valence-corrected chi connectivity index (χ4v) is 3.64. The first-order valence-corrected chi connectivity index (χ1v) is 10.2. The van der Waals surface area contributed by atoms with Gasteiger partial charge in [-0.05, 0) is 48.9 Å². The molecule has 4 rings (SSSR count). The van der Waals surface area contributed by atoms with Gasteiger partial charge in [-0.25, -0.2) is 4.98 Å². The molecule has 0 atom stereocenters. The van der Waals surface area contributed by atoms with E-state index in [9.17, 15) is 4.79 Å². The van der Waals surface area contributed by atoms with Gasteiger partial charge in [0.1, 0.15) is 5.75 Å². The van der Waals surface area contributed by atoms with Gasteiger partial charge in [-0.1, -0.05) is 12.1 Å². The van der Waals surface area contributed by atoms with Crippen molar-refractivity contribution in [3.8, 4) is 17.0 Å². The zero-order chi connectivity index (χ0) is 20.9. The van der Waals surface area contributed by atoms with Crippen LogP contribution in [-0.4, -0.2) is 23.0 Å². The summed E-state index contributed by atoms with van der Waals surface area (Å²) in [4.78, 5) is 21.4. The maximum Gasteiger partial charge on any atom is 0.255 e. The lowest BCUT2D eigenvalue weighted by Gasteiger charge is -2.11. The fourth-order valence-electron chi connectivity index (χ4n) is 2.90. The maximum absolute atomic E-state index is 12.7. The monoisotopic (exact) mass is 416 g/mol. The number of hydrogen-bond donors (Lipinski definition) is 2. The number of ether oxygens (including phenoxy) is 1. The normalized spacial score (nSPS) is 10.5. The van der Waals surface area contributed by atoms with Crippen LogP contribution in [0.5, 0.6) is 5.75 Å². The molecule has 2 aromatic heterocycles. The van der Waals surface area contributed by atoms with Gasteiger partial charge in [-0.2, -0.15) is 0 Å². The molecule has 0 saturated heterocycles. The van der Waals surface area contributed by atoms with Crippen LogP contribution < -0.4 is 15.4 Å². The molecule has 2 aromatic carbocycles. The molecular formula is C23H20N4O2S. The zero-order valence-electron chi connectivity index (χ0n) is 16.5. The minimum absolute atomic E-state index is 0.192. The lowest BCUT2D eigenvalue weighted by Crippen LogP contribution is -2.12. The SMILES string of the molecule is COc1cccc(NC(=O)c2ccc(C)c(Nc3nc(-c4ccncc4)cs3)c2)c1. The smallest absolute Gasteiger partial charge is 0.255 e. The van der Waals surface area contributed by atoms with Gasteiger partial charge in [-0.15, -0.1) is 11.3 Å². The Bertz CT molecular complexity index is 1170. The molecule has 150 valence electrons. The van der Waals surface area contributed by atoms with Crippen LogP contribution in [0.4, 0.5) is 16.5 Å². The molecule has 0 fully saturated rings. The van der Waals surface area contributed by atoms with Crippen molar-refractivity contribution in [1.29, 1.82) is 0 Å². The van der Waals surface area contributed by atoms with E-state index >= 15 is 0 Å². The quantitative estimate of drug-likeness (QED) is 0.433. The Labute approximate surface area is 178 Å². The number of rotatable bonds is 6. The Kier molecular flexibility index (Phi) is 5.72. The van der Waals surface area contributed by atoms with Gasteiger partial charge in [-0.3, -0.25) is 9.78 Å². The molecule has 0 saturated carbocycles. The molecule has 0 radical (unpaired) electrons. The number of amides is 1. The molecule has 7 heteroatoms. The molecule has 6 nitrogen and oxygen atoms in total. The van der Waals surface area contributed by atoms with Crippen LogP contribution in [-0.2, 0) is 0 Å². The highest BCUT2D eigenvalue weighted by molar-refractivity contribution is 7.14. The van der Waals surface area contributed by atoms with Crippen LogP contribution in [0.3, 0.4) is 0 Å². The number of methoxy groups -OCH3 is 1. The van der Waals surface area contributed by atoms with E-state index < -0.39 is 0 Å². The van der Waals surface area contributed by atoms with Crippen molar-refractivity contribution in [2.24, 2.45) is 0 Å². The third-order valence-electron chi connectivity index (χ3n) is 4.55. The predicted molar refractivity (Wildman–Crippen MR) is 121 cm³/mol. The van der Waals surface area contributed by atoms with Crippen LogP contribution >= 0.6 is 11.3 Å². The van der Waals surface area contributed by atoms with Crippen molar-refractivity contribution in [2.45, 2.75) is 6.92 Å². The topological polar surface area (TPSA) is 76.1 Å². The number of carbonyl (C=O) groups excluding carboxylic acids is 1. The summed E-state index contributed by atoms with van der Waals surface area (Å²) in [5.74, 6) is 0.496. The van der Waals surface area contributed by atoms with E-state index in [1.54, 1.807) is 31.6 Å². The van der Waals surface area contributed by atoms with E-state index in [0.717, 1.165) is 27.6 Å². The van der Waals surface area contributed by atoms with Crippen LogP contribution in [0.15, 0.2) is 72.4 Å². The minimum atomic E-state index is -0.192. The lowest BCUT2D eigenvalue weighted by molar-refractivity contribution is 0.102. The predicted octanol–water partition coefficient (Wildman–Crippen LogP) is 5.52. The lowest BCUT2D eigenvalue weighted by atomic mass is 10.1. The number of thiazole rings is 1. The molecule has 2 heterocycles. The molecule has 0 aliphatic heterocycles. The van der Waals surface area contributed by atoms with Gasteiger partial charge < -0.3 is 15.4 Å². The second kappa shape index (κ2) is 8.75. The minimum Gasteiger partial charge on any atom is -0.497 e. The van der Waals surface area contributed by atoms with Crippen LogP contribution in [0.2, 0.25) is 0 Å². The molecular weight excluding hydrogens is 396 g/mol. The number of anilines is 3. The first kappa shape index (κ1) is 19.6. The van der Waals surface area contributed by atoms with E-state index in [1.165, 1.54) is 11.3 Å². The van der Waals surface area contributed by atoms with Crippen molar-refractivity contribution in [3.63, 3.8) is 0 Å². The maximum atomic E-state index is 12.7. The third kappa shape index (κ3) is 4.47. The first-order valence-electron chi connectivity index (χ1n) is 9.31. The summed E-state index contributed by atoms with van der Waals surface area (Å²) in [5.41, 5.74) is 4.98. The summed E-state index contributed by atoms with van der Waals surface area (Å²) in [5, 5.41) is 8.99. The summed E-state index contributed by atoms with van der Waals surface area (Å²) in [6, 6.07) is 16.7. The largest absolute Gasteiger partial charge is 0.497 e. The molecule has 0 aliphatic carbocycles. The summed E-state index contributed by atoms with van der Waals surface area (Å²) in [6.45, 7) is 1.99. The highest BCUT2D eigenvalue weighted by Gasteiger charge is 2.11. The van der Waals surface area contributed by atoms with Crippen LogP contribution in [0, 0.1) is 6.92 Å². The Hall–Kier alpha value is -3.71. The van der Waals surface area contributed by atoms with Crippen LogP contribution in [0.25, 0.3) is 11.3 Å². The van der Waals surface area contributed by atoms with E-state index in [2.05, 4.69) is 20.6 Å². The second-order valence-corrected chi connectivity index (χ2v) is 7.47. The molecule has 0 unspecified atom stereocenters. The molecule has 0 aliphatic rings. The molecule has 0 spiro atoms. The van der Waals surface area contributed by atoms with Crippen molar-refractivity contribution in [3.05, 3.63) is 83.5 Å². The highest BCUT2D eigenvalue weighted by Crippen LogP contribution is 2.29. The number of nitrogens with zero attached hydrogens (tertiary/aromatic N) is 2. The number of carbonyl (C=O) groups is 1. The third-order valence-corrected chi connectivity index (χ3v) is 5.31.